The number of aliphatic carboxylic acids is 1. The van der Waals surface area contributed by atoms with Gasteiger partial charge in [-0.05, 0) is 44.2 Å². The fraction of sp³-hybridized carbons (Fsp3) is 0.550. The topological polar surface area (TPSA) is 89.0 Å². The van der Waals surface area contributed by atoms with Crippen molar-refractivity contribution < 1.29 is 41.7 Å². The summed E-state index contributed by atoms with van der Waals surface area (Å²) in [7, 11) is 0. The molecule has 3 atom stereocenters. The van der Waals surface area contributed by atoms with Crippen molar-refractivity contribution in [3.63, 3.8) is 0 Å². The molecule has 0 aromatic carbocycles. The minimum atomic E-state index is -5.08. The molecule has 0 bridgehead atoms. The van der Waals surface area contributed by atoms with E-state index in [1.54, 1.807) is 0 Å². The molecule has 0 saturated carbocycles. The van der Waals surface area contributed by atoms with Crippen molar-refractivity contribution in [1.29, 1.82) is 0 Å². The van der Waals surface area contributed by atoms with Crippen molar-refractivity contribution in [3.8, 4) is 5.88 Å². The van der Waals surface area contributed by atoms with Gasteiger partial charge >= 0.3 is 12.1 Å². The number of nitrogens with zero attached hydrogens (tertiary/aromatic N) is 2. The first kappa shape index (κ1) is 23.0. The quantitative estimate of drug-likeness (QED) is 0.718. The van der Waals surface area contributed by atoms with Gasteiger partial charge in [0.25, 0.3) is 5.88 Å². The number of pyridine rings is 1. The molecular formula is C20H22F4N2O5. The molecule has 2 fully saturated rings. The third-order valence-electron chi connectivity index (χ3n) is 5.28. The average molecular weight is 446 g/mol. The minimum absolute atomic E-state index is 0.00419. The number of carboxylic acids is 1. The van der Waals surface area contributed by atoms with Crippen LogP contribution in [0, 0.1) is 5.82 Å². The van der Waals surface area contributed by atoms with Crippen LogP contribution in [0.5, 0.6) is 5.88 Å². The summed E-state index contributed by atoms with van der Waals surface area (Å²) in [4.78, 5) is 27.5. The molecule has 31 heavy (non-hydrogen) atoms. The normalized spacial score (nSPS) is 25.2. The molecule has 1 aromatic rings. The number of hydrogen-bond acceptors (Lipinski definition) is 5. The van der Waals surface area contributed by atoms with E-state index in [1.807, 2.05) is 11.0 Å². The number of fused-ring (bicyclic) bond motifs is 1. The fourth-order valence-corrected chi connectivity index (χ4v) is 3.90. The molecule has 0 spiro atoms. The number of likely N-dealkylation sites (tertiary alicyclic amines) is 1. The number of carbonyl (C=O) groups excluding carboxylic acids is 1. The van der Waals surface area contributed by atoms with Crippen molar-refractivity contribution in [1.82, 2.24) is 9.88 Å². The highest BCUT2D eigenvalue weighted by atomic mass is 19.4. The fourth-order valence-electron chi connectivity index (χ4n) is 3.90. The van der Waals surface area contributed by atoms with Crippen LogP contribution in [0.2, 0.25) is 0 Å². The number of rotatable bonds is 3. The lowest BCUT2D eigenvalue weighted by atomic mass is 10.0. The number of ether oxygens (including phenoxy) is 2. The SMILES string of the molecule is O=C(C1=CCCC1)N1C[C@@H](Oc2ncccc2F)[C@H]2OCCC[C@H]21.O=C(O)C(F)(F)F. The summed E-state index contributed by atoms with van der Waals surface area (Å²) in [6.45, 7) is 1.07. The highest BCUT2D eigenvalue weighted by molar-refractivity contribution is 5.94. The van der Waals surface area contributed by atoms with Crippen LogP contribution in [0.3, 0.4) is 0 Å². The molecule has 4 rings (SSSR count). The monoisotopic (exact) mass is 446 g/mol. The van der Waals surface area contributed by atoms with Gasteiger partial charge in [-0.25, -0.2) is 14.2 Å². The van der Waals surface area contributed by atoms with Crippen LogP contribution >= 0.6 is 0 Å². The average Bonchev–Trinajstić information content (AvgIpc) is 3.38. The van der Waals surface area contributed by atoms with Crippen molar-refractivity contribution >= 4 is 11.9 Å². The molecule has 1 aromatic heterocycles. The summed E-state index contributed by atoms with van der Waals surface area (Å²) >= 11 is 0. The number of alkyl halides is 3. The second-order valence-corrected chi connectivity index (χ2v) is 7.37. The first-order valence-corrected chi connectivity index (χ1v) is 9.87. The third kappa shape index (κ3) is 5.52. The number of amides is 1. The molecule has 2 aliphatic heterocycles. The first-order valence-electron chi connectivity index (χ1n) is 9.87. The first-order chi connectivity index (χ1) is 14.7. The van der Waals surface area contributed by atoms with E-state index in [1.165, 1.54) is 18.3 Å². The van der Waals surface area contributed by atoms with Crippen LogP contribution in [0.1, 0.15) is 32.1 Å². The van der Waals surface area contributed by atoms with Gasteiger partial charge in [-0.2, -0.15) is 13.2 Å². The van der Waals surface area contributed by atoms with Crippen molar-refractivity contribution in [3.05, 3.63) is 35.8 Å². The molecule has 1 N–H and O–H groups in total. The summed E-state index contributed by atoms with van der Waals surface area (Å²) in [5.41, 5.74) is 0.893. The smallest absolute Gasteiger partial charge is 0.475 e. The molecule has 0 unspecified atom stereocenters. The Balaban J connectivity index is 0.000000339. The number of carbonyl (C=O) groups is 2. The molecule has 1 aliphatic carbocycles. The molecule has 3 aliphatic rings. The summed E-state index contributed by atoms with van der Waals surface area (Å²) < 4.78 is 57.3. The Kier molecular flexibility index (Phi) is 7.14. The van der Waals surface area contributed by atoms with E-state index in [2.05, 4.69) is 4.98 Å². The molecule has 0 radical (unpaired) electrons. The predicted octanol–water partition coefficient (Wildman–Crippen LogP) is 3.10. The van der Waals surface area contributed by atoms with Gasteiger partial charge in [-0.15, -0.1) is 0 Å². The standard InChI is InChI=1S/C18H21FN2O3.C2HF3O2/c19-13-7-3-9-20-17(13)24-15-11-21(14-8-4-10-23-16(14)15)18(22)12-5-1-2-6-12;3-2(4,5)1(6)7/h3,5,7,9,14-16H,1-2,4,6,8,10-11H2;(H,6,7)/t14-,15-,16+;/m1./s1. The minimum Gasteiger partial charge on any atom is -0.475 e. The predicted molar refractivity (Wildman–Crippen MR) is 98.7 cm³/mol. The van der Waals surface area contributed by atoms with Crippen LogP contribution in [-0.4, -0.2) is 64.4 Å². The number of carboxylic acid groups (broad SMARTS) is 1. The second-order valence-electron chi connectivity index (χ2n) is 7.37. The summed E-state index contributed by atoms with van der Waals surface area (Å²) in [6, 6.07) is 2.85. The zero-order valence-corrected chi connectivity index (χ0v) is 16.5. The van der Waals surface area contributed by atoms with E-state index in [0.717, 1.165) is 37.7 Å². The van der Waals surface area contributed by atoms with Crippen LogP contribution in [0.4, 0.5) is 17.6 Å². The van der Waals surface area contributed by atoms with Gasteiger partial charge in [0.05, 0.1) is 12.6 Å². The zero-order chi connectivity index (χ0) is 22.6. The Morgan fingerprint density at radius 3 is 2.65 bits per heavy atom. The molecule has 1 amide bonds. The van der Waals surface area contributed by atoms with E-state index in [9.17, 15) is 22.4 Å². The van der Waals surface area contributed by atoms with Crippen LogP contribution < -0.4 is 4.74 Å². The van der Waals surface area contributed by atoms with E-state index >= 15 is 0 Å². The van der Waals surface area contributed by atoms with E-state index in [4.69, 9.17) is 19.4 Å². The maximum Gasteiger partial charge on any atom is 0.490 e. The van der Waals surface area contributed by atoms with Crippen molar-refractivity contribution in [2.75, 3.05) is 13.2 Å². The van der Waals surface area contributed by atoms with E-state index < -0.39 is 18.0 Å². The third-order valence-corrected chi connectivity index (χ3v) is 5.28. The Hall–Kier alpha value is -2.69. The van der Waals surface area contributed by atoms with Crippen LogP contribution in [0.25, 0.3) is 0 Å². The van der Waals surface area contributed by atoms with Crippen LogP contribution in [-0.2, 0) is 14.3 Å². The summed E-state index contributed by atoms with van der Waals surface area (Å²) in [5.74, 6) is -3.19. The number of aromatic nitrogens is 1. The Morgan fingerprint density at radius 2 is 2.03 bits per heavy atom. The number of allylic oxidation sites excluding steroid dienone is 1. The summed E-state index contributed by atoms with van der Waals surface area (Å²) in [5, 5.41) is 7.12. The number of hydrogen-bond donors (Lipinski definition) is 1. The Labute approximate surface area is 175 Å². The van der Waals surface area contributed by atoms with Crippen molar-refractivity contribution in [2.45, 2.75) is 56.5 Å². The summed E-state index contributed by atoms with van der Waals surface area (Å²) in [6.07, 6.45) is 2.53. The van der Waals surface area contributed by atoms with E-state index in [-0.39, 0.29) is 30.0 Å². The van der Waals surface area contributed by atoms with E-state index in [0.29, 0.717) is 13.2 Å². The Morgan fingerprint density at radius 1 is 1.29 bits per heavy atom. The maximum atomic E-state index is 13.9. The molecule has 3 heterocycles. The van der Waals surface area contributed by atoms with Gasteiger partial charge in [0, 0.05) is 18.4 Å². The maximum absolute atomic E-state index is 13.9. The lowest BCUT2D eigenvalue weighted by Crippen LogP contribution is -2.44. The highest BCUT2D eigenvalue weighted by Crippen LogP contribution is 2.34. The van der Waals surface area contributed by atoms with Crippen LogP contribution in [0.15, 0.2) is 30.0 Å². The van der Waals surface area contributed by atoms with Gasteiger partial charge in [-0.3, -0.25) is 4.79 Å². The van der Waals surface area contributed by atoms with Gasteiger partial charge in [0.2, 0.25) is 5.91 Å². The molecule has 11 heteroatoms. The van der Waals surface area contributed by atoms with Gasteiger partial charge in [0.15, 0.2) is 5.82 Å². The van der Waals surface area contributed by atoms with Gasteiger partial charge in [-0.1, -0.05) is 6.08 Å². The van der Waals surface area contributed by atoms with Gasteiger partial charge < -0.3 is 19.5 Å². The lowest BCUT2D eigenvalue weighted by molar-refractivity contribution is -0.192. The molecule has 7 nitrogen and oxygen atoms in total. The highest BCUT2D eigenvalue weighted by Gasteiger charge is 2.48. The van der Waals surface area contributed by atoms with Gasteiger partial charge in [0.1, 0.15) is 12.2 Å². The second kappa shape index (κ2) is 9.63. The molecular weight excluding hydrogens is 424 g/mol. The molecule has 170 valence electrons. The Bertz CT molecular complexity index is 845. The lowest BCUT2D eigenvalue weighted by Gasteiger charge is -2.32. The van der Waals surface area contributed by atoms with Crippen molar-refractivity contribution in [2.24, 2.45) is 0 Å². The largest absolute Gasteiger partial charge is 0.490 e. The number of halogens is 4. The molecule has 2 saturated heterocycles. The zero-order valence-electron chi connectivity index (χ0n) is 16.5.